The zero-order valence-electron chi connectivity index (χ0n) is 12.6. The molecule has 0 heterocycles. The normalized spacial score (nSPS) is 12.5. The van der Waals surface area contributed by atoms with Crippen molar-refractivity contribution >= 4 is 0 Å². The summed E-state index contributed by atoms with van der Waals surface area (Å²) in [5, 5.41) is 0. The van der Waals surface area contributed by atoms with Crippen LogP contribution in [0.25, 0.3) is 0 Å². The summed E-state index contributed by atoms with van der Waals surface area (Å²) in [6.07, 6.45) is 1.86. The first-order chi connectivity index (χ1) is 9.06. The third-order valence-electron chi connectivity index (χ3n) is 2.90. The lowest BCUT2D eigenvalue weighted by molar-refractivity contribution is 0.248. The van der Waals surface area contributed by atoms with E-state index in [4.69, 9.17) is 15.2 Å². The van der Waals surface area contributed by atoms with Gasteiger partial charge < -0.3 is 15.2 Å². The summed E-state index contributed by atoms with van der Waals surface area (Å²) in [6.45, 7) is 9.70. The predicted molar refractivity (Wildman–Crippen MR) is 79.9 cm³/mol. The van der Waals surface area contributed by atoms with Gasteiger partial charge in [0.15, 0.2) is 11.5 Å². The van der Waals surface area contributed by atoms with Crippen molar-refractivity contribution in [2.24, 2.45) is 11.7 Å². The summed E-state index contributed by atoms with van der Waals surface area (Å²) in [5.41, 5.74) is 7.20. The second-order valence-electron chi connectivity index (χ2n) is 5.29. The second kappa shape index (κ2) is 8.05. The van der Waals surface area contributed by atoms with Gasteiger partial charge in [0.1, 0.15) is 0 Å². The number of benzene rings is 1. The fourth-order valence-corrected chi connectivity index (χ4v) is 1.77. The summed E-state index contributed by atoms with van der Waals surface area (Å²) in [5.74, 6) is 2.15. The molecule has 0 saturated heterocycles. The van der Waals surface area contributed by atoms with Crippen molar-refractivity contribution < 1.29 is 9.47 Å². The molecule has 1 unspecified atom stereocenters. The van der Waals surface area contributed by atoms with Crippen LogP contribution in [0.4, 0.5) is 0 Å². The van der Waals surface area contributed by atoms with Crippen LogP contribution in [0.1, 0.15) is 39.7 Å². The standard InChI is InChI=1S/C16H27NO2/c1-5-14(17)9-13-7-8-15(19-11-12(3)4)16(10-13)18-6-2/h7-8,10,12,14H,5-6,9,11,17H2,1-4H3. The van der Waals surface area contributed by atoms with Crippen molar-refractivity contribution in [1.82, 2.24) is 0 Å². The van der Waals surface area contributed by atoms with Crippen LogP contribution in [0.3, 0.4) is 0 Å². The molecule has 0 aliphatic rings. The maximum Gasteiger partial charge on any atom is 0.161 e. The lowest BCUT2D eigenvalue weighted by atomic mass is 10.0. The highest BCUT2D eigenvalue weighted by molar-refractivity contribution is 5.43. The van der Waals surface area contributed by atoms with Crippen LogP contribution in [-0.4, -0.2) is 19.3 Å². The van der Waals surface area contributed by atoms with E-state index in [0.717, 1.165) is 24.3 Å². The van der Waals surface area contributed by atoms with Gasteiger partial charge in [-0.05, 0) is 43.4 Å². The third kappa shape index (κ3) is 5.52. The molecular formula is C16H27NO2. The molecule has 1 atom stereocenters. The maximum atomic E-state index is 5.99. The van der Waals surface area contributed by atoms with Gasteiger partial charge in [0, 0.05) is 6.04 Å². The number of nitrogens with two attached hydrogens (primary N) is 1. The van der Waals surface area contributed by atoms with Crippen LogP contribution in [0.2, 0.25) is 0 Å². The number of hydrogen-bond donors (Lipinski definition) is 1. The molecule has 3 nitrogen and oxygen atoms in total. The van der Waals surface area contributed by atoms with E-state index in [1.54, 1.807) is 0 Å². The zero-order valence-corrected chi connectivity index (χ0v) is 12.6. The molecule has 3 heteroatoms. The van der Waals surface area contributed by atoms with E-state index in [-0.39, 0.29) is 6.04 Å². The Kier molecular flexibility index (Phi) is 6.71. The maximum absolute atomic E-state index is 5.99. The molecule has 108 valence electrons. The average molecular weight is 265 g/mol. The molecule has 2 N–H and O–H groups in total. The van der Waals surface area contributed by atoms with Gasteiger partial charge in [0.25, 0.3) is 0 Å². The Hall–Kier alpha value is -1.22. The van der Waals surface area contributed by atoms with E-state index in [2.05, 4.69) is 32.9 Å². The molecule has 19 heavy (non-hydrogen) atoms. The minimum Gasteiger partial charge on any atom is -0.490 e. The summed E-state index contributed by atoms with van der Waals surface area (Å²) >= 11 is 0. The highest BCUT2D eigenvalue weighted by Crippen LogP contribution is 2.29. The van der Waals surface area contributed by atoms with E-state index < -0.39 is 0 Å². The van der Waals surface area contributed by atoms with E-state index >= 15 is 0 Å². The van der Waals surface area contributed by atoms with Gasteiger partial charge in [0.2, 0.25) is 0 Å². The Labute approximate surface area is 117 Å². The van der Waals surface area contributed by atoms with Crippen LogP contribution in [0.5, 0.6) is 11.5 Å². The Morgan fingerprint density at radius 1 is 1.11 bits per heavy atom. The molecule has 0 radical (unpaired) electrons. The number of ether oxygens (including phenoxy) is 2. The summed E-state index contributed by atoms with van der Waals surface area (Å²) in [6, 6.07) is 6.32. The fraction of sp³-hybridized carbons (Fsp3) is 0.625. The van der Waals surface area contributed by atoms with Crippen LogP contribution in [0, 0.1) is 5.92 Å². The number of rotatable bonds is 8. The van der Waals surface area contributed by atoms with E-state index in [1.165, 1.54) is 5.56 Å². The summed E-state index contributed by atoms with van der Waals surface area (Å²) < 4.78 is 11.4. The minimum absolute atomic E-state index is 0.205. The van der Waals surface area contributed by atoms with Crippen molar-refractivity contribution in [3.05, 3.63) is 23.8 Å². The lowest BCUT2D eigenvalue weighted by Gasteiger charge is -2.15. The van der Waals surface area contributed by atoms with Gasteiger partial charge in [-0.1, -0.05) is 26.8 Å². The van der Waals surface area contributed by atoms with Crippen molar-refractivity contribution in [1.29, 1.82) is 0 Å². The van der Waals surface area contributed by atoms with Gasteiger partial charge in [-0.2, -0.15) is 0 Å². The van der Waals surface area contributed by atoms with Gasteiger partial charge in [0.05, 0.1) is 13.2 Å². The molecule has 1 aromatic carbocycles. The van der Waals surface area contributed by atoms with E-state index in [0.29, 0.717) is 19.1 Å². The van der Waals surface area contributed by atoms with Gasteiger partial charge in [-0.15, -0.1) is 0 Å². The molecule has 0 aromatic heterocycles. The van der Waals surface area contributed by atoms with E-state index in [9.17, 15) is 0 Å². The first-order valence-corrected chi connectivity index (χ1v) is 7.20. The monoisotopic (exact) mass is 265 g/mol. The minimum atomic E-state index is 0.205. The first-order valence-electron chi connectivity index (χ1n) is 7.20. The van der Waals surface area contributed by atoms with Crippen LogP contribution < -0.4 is 15.2 Å². The van der Waals surface area contributed by atoms with Crippen LogP contribution >= 0.6 is 0 Å². The Morgan fingerprint density at radius 2 is 1.84 bits per heavy atom. The smallest absolute Gasteiger partial charge is 0.161 e. The second-order valence-corrected chi connectivity index (χ2v) is 5.29. The Bertz CT molecular complexity index is 377. The fourth-order valence-electron chi connectivity index (χ4n) is 1.77. The molecule has 1 aromatic rings. The zero-order chi connectivity index (χ0) is 14.3. The van der Waals surface area contributed by atoms with Crippen molar-refractivity contribution in [3.8, 4) is 11.5 Å². The molecule has 0 fully saturated rings. The van der Waals surface area contributed by atoms with Crippen molar-refractivity contribution in [3.63, 3.8) is 0 Å². The molecule has 0 amide bonds. The topological polar surface area (TPSA) is 44.5 Å². The predicted octanol–water partition coefficient (Wildman–Crippen LogP) is 3.40. The Morgan fingerprint density at radius 3 is 2.42 bits per heavy atom. The van der Waals surface area contributed by atoms with Gasteiger partial charge in [-0.25, -0.2) is 0 Å². The molecule has 0 saturated carbocycles. The highest BCUT2D eigenvalue weighted by Gasteiger charge is 2.09. The molecule has 1 rings (SSSR count). The van der Waals surface area contributed by atoms with Gasteiger partial charge in [-0.3, -0.25) is 0 Å². The van der Waals surface area contributed by atoms with Crippen LogP contribution in [0.15, 0.2) is 18.2 Å². The summed E-state index contributed by atoms with van der Waals surface area (Å²) in [7, 11) is 0. The lowest BCUT2D eigenvalue weighted by Crippen LogP contribution is -2.21. The summed E-state index contributed by atoms with van der Waals surface area (Å²) in [4.78, 5) is 0. The largest absolute Gasteiger partial charge is 0.490 e. The third-order valence-corrected chi connectivity index (χ3v) is 2.90. The SMILES string of the molecule is CCOc1cc(CC(N)CC)ccc1OCC(C)C. The molecular weight excluding hydrogens is 238 g/mol. The average Bonchev–Trinajstić information content (AvgIpc) is 2.38. The molecule has 0 aliphatic carbocycles. The van der Waals surface area contributed by atoms with Gasteiger partial charge >= 0.3 is 0 Å². The highest BCUT2D eigenvalue weighted by atomic mass is 16.5. The van der Waals surface area contributed by atoms with Crippen molar-refractivity contribution in [2.45, 2.75) is 46.6 Å². The van der Waals surface area contributed by atoms with E-state index in [1.807, 2.05) is 13.0 Å². The van der Waals surface area contributed by atoms with Crippen LogP contribution in [-0.2, 0) is 6.42 Å². The molecule has 0 aliphatic heterocycles. The Balaban J connectivity index is 2.81. The molecule has 0 bridgehead atoms. The number of hydrogen-bond acceptors (Lipinski definition) is 3. The molecule has 0 spiro atoms. The quantitative estimate of drug-likeness (QED) is 0.783. The first kappa shape index (κ1) is 15.8. The van der Waals surface area contributed by atoms with Crippen molar-refractivity contribution in [2.75, 3.05) is 13.2 Å².